The summed E-state index contributed by atoms with van der Waals surface area (Å²) in [5.74, 6) is 0.760. The SMILES string of the molecule is C=[C]c1cc(Cl)cc(OCC)c1. The van der Waals surface area contributed by atoms with Crippen molar-refractivity contribution in [2.24, 2.45) is 0 Å². The second-order valence-electron chi connectivity index (χ2n) is 2.29. The molecule has 0 aliphatic rings. The molecular formula is C10H10ClO. The topological polar surface area (TPSA) is 9.23 Å². The summed E-state index contributed by atoms with van der Waals surface area (Å²) in [5.41, 5.74) is 0.853. The minimum absolute atomic E-state index is 0.636. The molecule has 0 amide bonds. The molecule has 12 heavy (non-hydrogen) atoms. The van der Waals surface area contributed by atoms with Crippen LogP contribution in [0.4, 0.5) is 0 Å². The molecule has 0 aliphatic heterocycles. The smallest absolute Gasteiger partial charge is 0.121 e. The van der Waals surface area contributed by atoms with Crippen LogP contribution < -0.4 is 4.74 Å². The van der Waals surface area contributed by atoms with E-state index in [1.807, 2.05) is 13.0 Å². The Balaban J connectivity index is 2.97. The molecule has 63 valence electrons. The van der Waals surface area contributed by atoms with Crippen molar-refractivity contribution in [3.05, 3.63) is 41.4 Å². The minimum Gasteiger partial charge on any atom is -0.494 e. The van der Waals surface area contributed by atoms with Crippen LogP contribution in [0.25, 0.3) is 0 Å². The van der Waals surface area contributed by atoms with Crippen LogP contribution in [0.5, 0.6) is 5.75 Å². The van der Waals surface area contributed by atoms with Crippen LogP contribution in [0.1, 0.15) is 12.5 Å². The van der Waals surface area contributed by atoms with Crippen molar-refractivity contribution in [1.82, 2.24) is 0 Å². The first kappa shape index (κ1) is 9.14. The first-order valence-corrected chi connectivity index (χ1v) is 4.10. The molecule has 0 unspecified atom stereocenters. The highest BCUT2D eigenvalue weighted by molar-refractivity contribution is 6.30. The highest BCUT2D eigenvalue weighted by Gasteiger charge is 1.96. The van der Waals surface area contributed by atoms with E-state index < -0.39 is 0 Å². The molecule has 1 aromatic rings. The molecule has 0 saturated carbocycles. The van der Waals surface area contributed by atoms with Gasteiger partial charge in [0.15, 0.2) is 0 Å². The Hall–Kier alpha value is -0.950. The highest BCUT2D eigenvalue weighted by atomic mass is 35.5. The molecule has 0 fully saturated rings. The molecule has 0 N–H and O–H groups in total. The van der Waals surface area contributed by atoms with Crippen LogP contribution >= 0.6 is 11.6 Å². The van der Waals surface area contributed by atoms with Crippen molar-refractivity contribution in [3.8, 4) is 5.75 Å². The summed E-state index contributed by atoms with van der Waals surface area (Å²) in [5, 5.41) is 0.645. The lowest BCUT2D eigenvalue weighted by molar-refractivity contribution is 0.340. The maximum atomic E-state index is 5.82. The lowest BCUT2D eigenvalue weighted by Crippen LogP contribution is -1.91. The van der Waals surface area contributed by atoms with E-state index in [1.54, 1.807) is 12.1 Å². The van der Waals surface area contributed by atoms with E-state index in [2.05, 4.69) is 12.7 Å². The quantitative estimate of drug-likeness (QED) is 0.697. The van der Waals surface area contributed by atoms with E-state index in [0.717, 1.165) is 11.3 Å². The highest BCUT2D eigenvalue weighted by Crippen LogP contribution is 2.20. The number of halogens is 1. The number of rotatable bonds is 3. The zero-order valence-electron chi connectivity index (χ0n) is 6.93. The average molecular weight is 182 g/mol. The van der Waals surface area contributed by atoms with Gasteiger partial charge in [-0.05, 0) is 36.8 Å². The predicted molar refractivity (Wildman–Crippen MR) is 50.6 cm³/mol. The summed E-state index contributed by atoms with van der Waals surface area (Å²) in [7, 11) is 0. The molecule has 1 radical (unpaired) electrons. The van der Waals surface area contributed by atoms with Gasteiger partial charge in [-0.25, -0.2) is 0 Å². The van der Waals surface area contributed by atoms with E-state index in [-0.39, 0.29) is 0 Å². The van der Waals surface area contributed by atoms with Gasteiger partial charge in [-0.2, -0.15) is 0 Å². The summed E-state index contributed by atoms with van der Waals surface area (Å²) < 4.78 is 5.28. The van der Waals surface area contributed by atoms with Crippen LogP contribution in [0, 0.1) is 6.08 Å². The van der Waals surface area contributed by atoms with E-state index in [9.17, 15) is 0 Å². The zero-order valence-corrected chi connectivity index (χ0v) is 7.69. The monoisotopic (exact) mass is 181 g/mol. The Morgan fingerprint density at radius 1 is 1.50 bits per heavy atom. The van der Waals surface area contributed by atoms with E-state index in [4.69, 9.17) is 16.3 Å². The van der Waals surface area contributed by atoms with Gasteiger partial charge in [0.05, 0.1) is 6.61 Å². The molecule has 0 aliphatic carbocycles. The standard InChI is InChI=1S/C10H10ClO/c1-3-8-5-9(11)7-10(6-8)12-4-2/h5-7H,1,4H2,2H3. The third kappa shape index (κ3) is 2.28. The third-order valence-electron chi connectivity index (χ3n) is 1.39. The lowest BCUT2D eigenvalue weighted by Gasteiger charge is -2.03. The van der Waals surface area contributed by atoms with Crippen LogP contribution in [-0.2, 0) is 0 Å². The lowest BCUT2D eigenvalue weighted by atomic mass is 10.2. The van der Waals surface area contributed by atoms with Crippen LogP contribution in [0.2, 0.25) is 5.02 Å². The van der Waals surface area contributed by atoms with Crippen LogP contribution in [0.3, 0.4) is 0 Å². The summed E-state index contributed by atoms with van der Waals surface area (Å²) in [6, 6.07) is 5.41. The third-order valence-corrected chi connectivity index (χ3v) is 1.60. The Kier molecular flexibility index (Phi) is 3.18. The van der Waals surface area contributed by atoms with Gasteiger partial charge in [-0.3, -0.25) is 0 Å². The molecular weight excluding hydrogens is 172 g/mol. The molecule has 0 saturated heterocycles. The Morgan fingerprint density at radius 2 is 2.25 bits per heavy atom. The summed E-state index contributed by atoms with van der Waals surface area (Å²) in [4.78, 5) is 0. The summed E-state index contributed by atoms with van der Waals surface area (Å²) in [6.45, 7) is 6.10. The molecule has 0 bridgehead atoms. The maximum Gasteiger partial charge on any atom is 0.121 e. The maximum absolute atomic E-state index is 5.82. The van der Waals surface area contributed by atoms with Gasteiger partial charge >= 0.3 is 0 Å². The van der Waals surface area contributed by atoms with Crippen molar-refractivity contribution in [1.29, 1.82) is 0 Å². The van der Waals surface area contributed by atoms with Gasteiger partial charge in [0, 0.05) is 5.02 Å². The molecule has 2 heteroatoms. The fourth-order valence-electron chi connectivity index (χ4n) is 0.915. The van der Waals surface area contributed by atoms with Gasteiger partial charge < -0.3 is 4.74 Å². The molecule has 0 atom stereocenters. The Morgan fingerprint density at radius 3 is 2.83 bits per heavy atom. The second kappa shape index (κ2) is 4.17. The van der Waals surface area contributed by atoms with Crippen molar-refractivity contribution >= 4 is 11.6 Å². The van der Waals surface area contributed by atoms with Gasteiger partial charge in [0.1, 0.15) is 5.75 Å². The molecule has 0 aromatic heterocycles. The fraction of sp³-hybridized carbons (Fsp3) is 0.200. The summed E-state index contributed by atoms with van der Waals surface area (Å²) in [6.07, 6.45) is 2.75. The van der Waals surface area contributed by atoms with Crippen LogP contribution in [-0.4, -0.2) is 6.61 Å². The first-order chi connectivity index (χ1) is 5.76. The Labute approximate surface area is 77.6 Å². The van der Waals surface area contributed by atoms with Crippen LogP contribution in [0.15, 0.2) is 24.8 Å². The van der Waals surface area contributed by atoms with Gasteiger partial charge in [-0.15, -0.1) is 0 Å². The minimum atomic E-state index is 0.636. The fourth-order valence-corrected chi connectivity index (χ4v) is 1.14. The molecule has 1 rings (SSSR count). The van der Waals surface area contributed by atoms with Crippen molar-refractivity contribution < 1.29 is 4.74 Å². The molecule has 0 heterocycles. The largest absolute Gasteiger partial charge is 0.494 e. The predicted octanol–water partition coefficient (Wildman–Crippen LogP) is 3.08. The summed E-state index contributed by atoms with van der Waals surface area (Å²) >= 11 is 5.82. The number of ether oxygens (including phenoxy) is 1. The van der Waals surface area contributed by atoms with E-state index in [1.165, 1.54) is 0 Å². The average Bonchev–Trinajstić information content (AvgIpc) is 2.04. The van der Waals surface area contributed by atoms with Crippen molar-refractivity contribution in [3.63, 3.8) is 0 Å². The first-order valence-electron chi connectivity index (χ1n) is 3.72. The normalized spacial score (nSPS) is 9.50. The van der Waals surface area contributed by atoms with Gasteiger partial charge in [0.25, 0.3) is 0 Å². The number of hydrogen-bond acceptors (Lipinski definition) is 1. The zero-order chi connectivity index (χ0) is 8.97. The van der Waals surface area contributed by atoms with Crippen molar-refractivity contribution in [2.75, 3.05) is 6.61 Å². The Bertz CT molecular complexity index is 281. The van der Waals surface area contributed by atoms with Gasteiger partial charge in [-0.1, -0.05) is 18.2 Å². The van der Waals surface area contributed by atoms with Gasteiger partial charge in [0.2, 0.25) is 0 Å². The molecule has 1 nitrogen and oxygen atoms in total. The second-order valence-corrected chi connectivity index (χ2v) is 2.72. The van der Waals surface area contributed by atoms with Crippen molar-refractivity contribution in [2.45, 2.75) is 6.92 Å². The van der Waals surface area contributed by atoms with E-state index >= 15 is 0 Å². The number of benzene rings is 1. The number of hydrogen-bond donors (Lipinski definition) is 0. The molecule has 0 spiro atoms. The van der Waals surface area contributed by atoms with E-state index in [0.29, 0.717) is 11.6 Å². The molecule has 1 aromatic carbocycles.